The van der Waals surface area contributed by atoms with Crippen molar-refractivity contribution in [3.8, 4) is 0 Å². The lowest BCUT2D eigenvalue weighted by Crippen LogP contribution is -2.45. The number of ether oxygens (including phenoxy) is 1. The first kappa shape index (κ1) is 11.9. The molecule has 3 nitrogen and oxygen atoms in total. The van der Waals surface area contributed by atoms with E-state index in [1.807, 2.05) is 0 Å². The maximum atomic E-state index is 8.76. The summed E-state index contributed by atoms with van der Waals surface area (Å²) in [5, 5.41) is 8.76. The van der Waals surface area contributed by atoms with E-state index in [9.17, 15) is 0 Å². The molecule has 3 aliphatic rings. The van der Waals surface area contributed by atoms with E-state index in [-0.39, 0.29) is 6.61 Å². The molecule has 0 aromatic carbocycles. The summed E-state index contributed by atoms with van der Waals surface area (Å²) in [6.07, 6.45) is 8.67. The van der Waals surface area contributed by atoms with E-state index in [2.05, 4.69) is 4.90 Å². The second kappa shape index (κ2) is 5.25. The molecule has 3 heteroatoms. The van der Waals surface area contributed by atoms with Crippen LogP contribution in [0.1, 0.15) is 38.5 Å². The Balaban J connectivity index is 1.45. The van der Waals surface area contributed by atoms with Crippen molar-refractivity contribution < 1.29 is 9.84 Å². The van der Waals surface area contributed by atoms with Crippen LogP contribution < -0.4 is 0 Å². The third-order valence-corrected chi connectivity index (χ3v) is 5.09. The van der Waals surface area contributed by atoms with Crippen molar-refractivity contribution in [2.24, 2.45) is 11.8 Å². The first-order chi connectivity index (χ1) is 8.36. The molecular weight excluding hydrogens is 214 g/mol. The Morgan fingerprint density at radius 2 is 1.88 bits per heavy atom. The average molecular weight is 239 g/mol. The third kappa shape index (κ3) is 2.51. The van der Waals surface area contributed by atoms with Gasteiger partial charge in [0.15, 0.2) is 0 Å². The second-order valence-corrected chi connectivity index (χ2v) is 6.07. The lowest BCUT2D eigenvalue weighted by Gasteiger charge is -2.39. The number of aliphatic hydroxyl groups excluding tert-OH is 1. The van der Waals surface area contributed by atoms with Crippen LogP contribution in [0, 0.1) is 11.8 Å². The van der Waals surface area contributed by atoms with Gasteiger partial charge >= 0.3 is 0 Å². The van der Waals surface area contributed by atoms with E-state index in [1.165, 1.54) is 38.8 Å². The third-order valence-electron chi connectivity index (χ3n) is 5.09. The van der Waals surface area contributed by atoms with Crippen molar-refractivity contribution >= 4 is 0 Å². The van der Waals surface area contributed by atoms with Crippen LogP contribution in [0.4, 0.5) is 0 Å². The van der Waals surface area contributed by atoms with Crippen molar-refractivity contribution in [1.82, 2.24) is 4.90 Å². The quantitative estimate of drug-likeness (QED) is 0.809. The molecular formula is C14H25NO2. The van der Waals surface area contributed by atoms with Crippen LogP contribution in [0.15, 0.2) is 0 Å². The molecule has 2 saturated carbocycles. The SMILES string of the molecule is OCCOC1CCN(C2CC3CCC2C3)CC1. The highest BCUT2D eigenvalue weighted by Gasteiger charge is 2.42. The topological polar surface area (TPSA) is 32.7 Å². The Bertz CT molecular complexity index is 251. The van der Waals surface area contributed by atoms with Gasteiger partial charge in [0, 0.05) is 19.1 Å². The molecule has 1 heterocycles. The van der Waals surface area contributed by atoms with Crippen LogP contribution in [0.3, 0.4) is 0 Å². The van der Waals surface area contributed by atoms with Crippen molar-refractivity contribution in [3.05, 3.63) is 0 Å². The van der Waals surface area contributed by atoms with E-state index in [4.69, 9.17) is 9.84 Å². The van der Waals surface area contributed by atoms with Gasteiger partial charge in [0.25, 0.3) is 0 Å². The molecule has 17 heavy (non-hydrogen) atoms. The lowest BCUT2D eigenvalue weighted by molar-refractivity contribution is -0.0201. The molecule has 0 amide bonds. The minimum absolute atomic E-state index is 0.159. The predicted octanol–water partition coefficient (Wildman–Crippen LogP) is 1.65. The maximum absolute atomic E-state index is 8.76. The highest BCUT2D eigenvalue weighted by molar-refractivity contribution is 4.96. The van der Waals surface area contributed by atoms with Crippen LogP contribution in [0.5, 0.6) is 0 Å². The predicted molar refractivity (Wildman–Crippen MR) is 66.9 cm³/mol. The summed E-state index contributed by atoms with van der Waals surface area (Å²) in [4.78, 5) is 2.72. The number of piperidine rings is 1. The number of aliphatic hydroxyl groups is 1. The Morgan fingerprint density at radius 3 is 2.47 bits per heavy atom. The van der Waals surface area contributed by atoms with Gasteiger partial charge in [-0.2, -0.15) is 0 Å². The fourth-order valence-corrected chi connectivity index (χ4v) is 4.25. The number of hydrogen-bond donors (Lipinski definition) is 1. The molecule has 98 valence electrons. The molecule has 1 N–H and O–H groups in total. The van der Waals surface area contributed by atoms with Crippen LogP contribution in [-0.2, 0) is 4.74 Å². The Morgan fingerprint density at radius 1 is 1.06 bits per heavy atom. The second-order valence-electron chi connectivity index (χ2n) is 6.07. The minimum Gasteiger partial charge on any atom is -0.394 e. The minimum atomic E-state index is 0.159. The monoisotopic (exact) mass is 239 g/mol. The normalized spacial score (nSPS) is 39.0. The molecule has 0 radical (unpaired) electrons. The average Bonchev–Trinajstić information content (AvgIpc) is 2.99. The molecule has 0 spiro atoms. The van der Waals surface area contributed by atoms with Gasteiger partial charge in [0.2, 0.25) is 0 Å². The zero-order valence-electron chi connectivity index (χ0n) is 10.7. The first-order valence-corrected chi connectivity index (χ1v) is 7.33. The molecule has 2 bridgehead atoms. The molecule has 3 unspecified atom stereocenters. The van der Waals surface area contributed by atoms with E-state index in [1.54, 1.807) is 0 Å². The summed E-state index contributed by atoms with van der Waals surface area (Å²) < 4.78 is 5.63. The molecule has 1 saturated heterocycles. The number of nitrogens with zero attached hydrogens (tertiary/aromatic N) is 1. The van der Waals surface area contributed by atoms with E-state index in [0.717, 1.165) is 30.7 Å². The Labute approximate surface area is 104 Å². The summed E-state index contributed by atoms with van der Waals surface area (Å²) >= 11 is 0. The summed E-state index contributed by atoms with van der Waals surface area (Å²) in [6, 6.07) is 0.896. The fourth-order valence-electron chi connectivity index (χ4n) is 4.25. The van der Waals surface area contributed by atoms with Crippen molar-refractivity contribution in [2.75, 3.05) is 26.3 Å². The van der Waals surface area contributed by atoms with Crippen molar-refractivity contribution in [1.29, 1.82) is 0 Å². The molecule has 2 aliphatic carbocycles. The Kier molecular flexibility index (Phi) is 3.69. The summed E-state index contributed by atoms with van der Waals surface area (Å²) in [5.74, 6) is 2.06. The van der Waals surface area contributed by atoms with Gasteiger partial charge in [-0.1, -0.05) is 6.42 Å². The number of fused-ring (bicyclic) bond motifs is 2. The summed E-state index contributed by atoms with van der Waals surface area (Å²) in [6.45, 7) is 3.10. The van der Waals surface area contributed by atoms with Gasteiger partial charge in [0.1, 0.15) is 0 Å². The van der Waals surface area contributed by atoms with Gasteiger partial charge in [-0.25, -0.2) is 0 Å². The Hall–Kier alpha value is -0.120. The van der Waals surface area contributed by atoms with Gasteiger partial charge in [0.05, 0.1) is 19.3 Å². The number of hydrogen-bond acceptors (Lipinski definition) is 3. The van der Waals surface area contributed by atoms with Crippen LogP contribution in [0.25, 0.3) is 0 Å². The van der Waals surface area contributed by atoms with Crippen LogP contribution in [0.2, 0.25) is 0 Å². The highest BCUT2D eigenvalue weighted by atomic mass is 16.5. The van der Waals surface area contributed by atoms with Crippen molar-refractivity contribution in [2.45, 2.75) is 50.7 Å². The zero-order chi connectivity index (χ0) is 11.7. The number of rotatable bonds is 4. The lowest BCUT2D eigenvalue weighted by atomic mass is 9.92. The first-order valence-electron chi connectivity index (χ1n) is 7.33. The molecule has 3 fully saturated rings. The van der Waals surface area contributed by atoms with Gasteiger partial charge in [-0.15, -0.1) is 0 Å². The summed E-state index contributed by atoms with van der Waals surface area (Å²) in [5.41, 5.74) is 0. The van der Waals surface area contributed by atoms with Crippen molar-refractivity contribution in [3.63, 3.8) is 0 Å². The molecule has 0 aromatic rings. The summed E-state index contributed by atoms with van der Waals surface area (Å²) in [7, 11) is 0. The van der Waals surface area contributed by atoms with E-state index in [0.29, 0.717) is 12.7 Å². The highest BCUT2D eigenvalue weighted by Crippen LogP contribution is 2.47. The van der Waals surface area contributed by atoms with Gasteiger partial charge < -0.3 is 9.84 Å². The molecule has 3 atom stereocenters. The fraction of sp³-hybridized carbons (Fsp3) is 1.00. The standard InChI is InChI=1S/C14H25NO2/c16-7-8-17-13-3-5-15(6-4-13)14-10-11-1-2-12(14)9-11/h11-14,16H,1-10H2. The molecule has 0 aromatic heterocycles. The largest absolute Gasteiger partial charge is 0.394 e. The van der Waals surface area contributed by atoms with Gasteiger partial charge in [-0.05, 0) is 43.9 Å². The van der Waals surface area contributed by atoms with E-state index >= 15 is 0 Å². The number of likely N-dealkylation sites (tertiary alicyclic amines) is 1. The van der Waals surface area contributed by atoms with Crippen LogP contribution in [-0.4, -0.2) is 48.5 Å². The molecule has 1 aliphatic heterocycles. The zero-order valence-corrected chi connectivity index (χ0v) is 10.7. The van der Waals surface area contributed by atoms with Crippen LogP contribution >= 0.6 is 0 Å². The van der Waals surface area contributed by atoms with Gasteiger partial charge in [-0.3, -0.25) is 4.90 Å². The maximum Gasteiger partial charge on any atom is 0.0701 e. The smallest absolute Gasteiger partial charge is 0.0701 e. The van der Waals surface area contributed by atoms with E-state index < -0.39 is 0 Å². The molecule has 3 rings (SSSR count).